The molecule has 0 spiro atoms. The monoisotopic (exact) mass is 209 g/mol. The van der Waals surface area contributed by atoms with Crippen LogP contribution in [0.25, 0.3) is 0 Å². The van der Waals surface area contributed by atoms with Gasteiger partial charge < -0.3 is 0 Å². The van der Waals surface area contributed by atoms with Gasteiger partial charge in [0, 0.05) is 18.2 Å². The molecule has 2 heteroatoms. The Morgan fingerprint density at radius 3 is 2.50 bits per heavy atom. The number of nitrogens with zero attached hydrogens (tertiary/aromatic N) is 1. The normalized spacial score (nSPS) is 10.1. The fourth-order valence-electron chi connectivity index (χ4n) is 1.55. The van der Waals surface area contributed by atoms with Crippen molar-refractivity contribution in [3.8, 4) is 0 Å². The smallest absolute Gasteiger partial charge is 0.211 e. The summed E-state index contributed by atoms with van der Waals surface area (Å²) in [7, 11) is 0. The predicted molar refractivity (Wildman–Crippen MR) is 62.3 cm³/mol. The molecule has 0 saturated heterocycles. The Balaban J connectivity index is 2.42. The zero-order chi connectivity index (χ0) is 11.5. The molecule has 2 nitrogen and oxygen atoms in total. The Kier molecular flexibility index (Phi) is 2.82. The van der Waals surface area contributed by atoms with Crippen LogP contribution in [0, 0.1) is 13.8 Å². The number of pyridine rings is 1. The molecule has 1 heterocycles. The second-order valence-electron chi connectivity index (χ2n) is 3.65. The van der Waals surface area contributed by atoms with Gasteiger partial charge in [0.05, 0.1) is 0 Å². The lowest BCUT2D eigenvalue weighted by atomic mass is 10.1. The highest BCUT2D eigenvalue weighted by Crippen LogP contribution is 2.10. The number of benzene rings is 1. The van der Waals surface area contributed by atoms with E-state index in [1.165, 1.54) is 0 Å². The van der Waals surface area contributed by atoms with E-state index in [-0.39, 0.29) is 5.78 Å². The van der Waals surface area contributed by atoms with Gasteiger partial charge in [0.1, 0.15) is 5.69 Å². The van der Waals surface area contributed by atoms with E-state index in [9.17, 15) is 4.79 Å². The van der Waals surface area contributed by atoms with E-state index in [0.29, 0.717) is 17.0 Å². The summed E-state index contributed by atoms with van der Waals surface area (Å²) in [6.45, 7) is 7.50. The molecule has 1 aromatic heterocycles. The summed E-state index contributed by atoms with van der Waals surface area (Å²) in [5.74, 6) is -0.101. The van der Waals surface area contributed by atoms with Gasteiger partial charge in [-0.05, 0) is 24.6 Å². The molecular weight excluding hydrogens is 198 g/mol. The van der Waals surface area contributed by atoms with Crippen molar-refractivity contribution < 1.29 is 4.79 Å². The highest BCUT2D eigenvalue weighted by atomic mass is 16.1. The number of aromatic nitrogens is 1. The molecular formula is C14H11NO. The van der Waals surface area contributed by atoms with Gasteiger partial charge in [-0.3, -0.25) is 4.79 Å². The zero-order valence-electron chi connectivity index (χ0n) is 8.97. The highest BCUT2D eigenvalue weighted by molar-refractivity contribution is 6.07. The van der Waals surface area contributed by atoms with Crippen molar-refractivity contribution in [1.29, 1.82) is 0 Å². The van der Waals surface area contributed by atoms with Crippen LogP contribution < -0.4 is 0 Å². The number of carbonyl (C=O) groups is 1. The highest BCUT2D eigenvalue weighted by Gasteiger charge is 2.10. The Morgan fingerprint density at radius 1 is 1.19 bits per heavy atom. The van der Waals surface area contributed by atoms with Gasteiger partial charge in [0.15, 0.2) is 0 Å². The fourth-order valence-corrected chi connectivity index (χ4v) is 1.55. The Labute approximate surface area is 95.0 Å². The summed E-state index contributed by atoms with van der Waals surface area (Å²) in [4.78, 5) is 16.1. The minimum atomic E-state index is -0.101. The van der Waals surface area contributed by atoms with Crippen molar-refractivity contribution in [2.24, 2.45) is 0 Å². The molecule has 78 valence electrons. The summed E-state index contributed by atoms with van der Waals surface area (Å²) < 4.78 is 0. The molecule has 0 amide bonds. The number of ketones is 1. The van der Waals surface area contributed by atoms with Crippen molar-refractivity contribution in [1.82, 2.24) is 4.98 Å². The number of rotatable bonds is 2. The van der Waals surface area contributed by atoms with Gasteiger partial charge in [0.25, 0.3) is 0 Å². The number of hydrogen-bond donors (Lipinski definition) is 0. The average molecular weight is 209 g/mol. The summed E-state index contributed by atoms with van der Waals surface area (Å²) >= 11 is 0. The summed E-state index contributed by atoms with van der Waals surface area (Å²) in [5.41, 5.74) is 2.33. The maximum absolute atomic E-state index is 12.0. The number of aryl methyl sites for hydroxylation is 1. The number of carbonyl (C=O) groups excluding carboxylic acids is 1. The fraction of sp³-hybridized carbons (Fsp3) is 0.0714. The zero-order valence-corrected chi connectivity index (χ0v) is 8.97. The molecule has 0 atom stereocenters. The number of hydrogen-bond acceptors (Lipinski definition) is 2. The molecule has 0 saturated carbocycles. The summed E-state index contributed by atoms with van der Waals surface area (Å²) in [6.07, 6.45) is 0. The Hall–Kier alpha value is -1.96. The van der Waals surface area contributed by atoms with Gasteiger partial charge in [0.2, 0.25) is 5.78 Å². The quantitative estimate of drug-likeness (QED) is 0.712. The van der Waals surface area contributed by atoms with Gasteiger partial charge >= 0.3 is 0 Å². The maximum atomic E-state index is 12.0. The SMILES string of the molecule is [CH]c1cc(C)cc(C(=O)c2ccccc2)n1. The van der Waals surface area contributed by atoms with Gasteiger partial charge in [-0.1, -0.05) is 30.3 Å². The van der Waals surface area contributed by atoms with Crippen molar-refractivity contribution in [3.05, 3.63) is 71.9 Å². The van der Waals surface area contributed by atoms with Crippen molar-refractivity contribution >= 4 is 5.78 Å². The first-order chi connectivity index (χ1) is 7.66. The van der Waals surface area contributed by atoms with Crippen LogP contribution in [0.4, 0.5) is 0 Å². The van der Waals surface area contributed by atoms with Crippen LogP contribution in [0.2, 0.25) is 0 Å². The van der Waals surface area contributed by atoms with Crippen LogP contribution in [0.3, 0.4) is 0 Å². The minimum Gasteiger partial charge on any atom is -0.287 e. The molecule has 0 aliphatic rings. The predicted octanol–water partition coefficient (Wildman–Crippen LogP) is 2.68. The van der Waals surface area contributed by atoms with Gasteiger partial charge in [-0.15, -0.1) is 0 Å². The molecule has 2 aromatic rings. The molecule has 1 aromatic carbocycles. The van der Waals surface area contributed by atoms with Crippen LogP contribution in [0.1, 0.15) is 27.3 Å². The molecule has 0 aliphatic heterocycles. The summed E-state index contributed by atoms with van der Waals surface area (Å²) in [6, 6.07) is 12.5. The molecule has 2 radical (unpaired) electrons. The van der Waals surface area contributed by atoms with Crippen LogP contribution in [0.5, 0.6) is 0 Å². The van der Waals surface area contributed by atoms with E-state index in [1.54, 1.807) is 24.3 Å². The van der Waals surface area contributed by atoms with E-state index in [1.807, 2.05) is 25.1 Å². The average Bonchev–Trinajstić information content (AvgIpc) is 2.28. The van der Waals surface area contributed by atoms with Crippen LogP contribution in [-0.4, -0.2) is 10.8 Å². The lowest BCUT2D eigenvalue weighted by molar-refractivity contribution is 0.103. The Morgan fingerprint density at radius 2 is 1.88 bits per heavy atom. The molecule has 2 rings (SSSR count). The molecule has 16 heavy (non-hydrogen) atoms. The minimum absolute atomic E-state index is 0.101. The van der Waals surface area contributed by atoms with E-state index >= 15 is 0 Å². The van der Waals surface area contributed by atoms with Crippen LogP contribution in [-0.2, 0) is 0 Å². The van der Waals surface area contributed by atoms with E-state index < -0.39 is 0 Å². The van der Waals surface area contributed by atoms with Crippen molar-refractivity contribution in [3.63, 3.8) is 0 Å². The molecule has 0 fully saturated rings. The molecule has 0 unspecified atom stereocenters. The van der Waals surface area contributed by atoms with E-state index in [0.717, 1.165) is 5.56 Å². The lowest BCUT2D eigenvalue weighted by Gasteiger charge is -2.03. The largest absolute Gasteiger partial charge is 0.287 e. The third kappa shape index (κ3) is 2.16. The third-order valence-corrected chi connectivity index (χ3v) is 2.26. The maximum Gasteiger partial charge on any atom is 0.211 e. The lowest BCUT2D eigenvalue weighted by Crippen LogP contribution is -2.05. The first-order valence-corrected chi connectivity index (χ1v) is 5.01. The molecule has 0 aliphatic carbocycles. The molecule has 0 bridgehead atoms. The summed E-state index contributed by atoms with van der Waals surface area (Å²) in [5, 5.41) is 0. The second-order valence-corrected chi connectivity index (χ2v) is 3.65. The van der Waals surface area contributed by atoms with Gasteiger partial charge in [-0.2, -0.15) is 0 Å². The van der Waals surface area contributed by atoms with Gasteiger partial charge in [-0.25, -0.2) is 4.98 Å². The van der Waals surface area contributed by atoms with Crippen LogP contribution in [0.15, 0.2) is 42.5 Å². The first kappa shape index (κ1) is 10.6. The van der Waals surface area contributed by atoms with Crippen molar-refractivity contribution in [2.45, 2.75) is 6.92 Å². The van der Waals surface area contributed by atoms with Crippen molar-refractivity contribution in [2.75, 3.05) is 0 Å². The standard InChI is InChI=1S/C14H11NO/c1-10-8-11(2)15-13(9-10)14(16)12-6-4-3-5-7-12/h2-9H,1H3. The third-order valence-electron chi connectivity index (χ3n) is 2.26. The van der Waals surface area contributed by atoms with E-state index in [2.05, 4.69) is 4.98 Å². The first-order valence-electron chi connectivity index (χ1n) is 5.01. The topological polar surface area (TPSA) is 30.0 Å². The van der Waals surface area contributed by atoms with Crippen LogP contribution >= 0.6 is 0 Å². The van der Waals surface area contributed by atoms with E-state index in [4.69, 9.17) is 6.92 Å². The Bertz CT molecular complexity index is 497. The second kappa shape index (κ2) is 4.27. The molecule has 0 N–H and O–H groups in total.